The monoisotopic (exact) mass is 308 g/mol. The van der Waals surface area contributed by atoms with E-state index >= 15 is 0 Å². The van der Waals surface area contributed by atoms with Gasteiger partial charge in [-0.2, -0.15) is 0 Å². The van der Waals surface area contributed by atoms with Crippen molar-refractivity contribution >= 4 is 16.7 Å². The molecule has 0 aliphatic rings. The Bertz CT molecular complexity index is 1070. The number of aryl methyl sites for hydroxylation is 1. The van der Waals surface area contributed by atoms with Crippen molar-refractivity contribution in [1.29, 1.82) is 0 Å². The smallest absolute Gasteiger partial charge is 0.343 e. The molecule has 0 atom stereocenters. The van der Waals surface area contributed by atoms with Gasteiger partial charge < -0.3 is 4.74 Å². The van der Waals surface area contributed by atoms with Crippen molar-refractivity contribution in [3.8, 4) is 5.75 Å². The second-order valence-electron chi connectivity index (χ2n) is 5.29. The van der Waals surface area contributed by atoms with Gasteiger partial charge in [0.15, 0.2) is 0 Å². The van der Waals surface area contributed by atoms with E-state index in [1.165, 1.54) is 6.07 Å². The molecule has 0 aliphatic carbocycles. The van der Waals surface area contributed by atoms with Gasteiger partial charge in [0.1, 0.15) is 5.75 Å². The van der Waals surface area contributed by atoms with E-state index in [9.17, 15) is 19.2 Å². The minimum atomic E-state index is -1.05. The molecule has 3 rings (SSSR count). The summed E-state index contributed by atoms with van der Waals surface area (Å²) in [5.41, 5.74) is -1.32. The van der Waals surface area contributed by atoms with Crippen LogP contribution < -0.4 is 21.0 Å². The number of rotatable bonds is 2. The topological polar surface area (TPSA) is 77.5 Å². The zero-order chi connectivity index (χ0) is 16.7. The quantitative estimate of drug-likeness (QED) is 0.408. The van der Waals surface area contributed by atoms with Crippen LogP contribution in [0.4, 0.5) is 0 Å². The van der Waals surface area contributed by atoms with Crippen LogP contribution in [0.15, 0.2) is 50.8 Å². The Morgan fingerprint density at radius 1 is 0.870 bits per heavy atom. The van der Waals surface area contributed by atoms with Crippen LogP contribution in [0, 0.1) is 13.8 Å². The Morgan fingerprint density at radius 3 is 2.17 bits per heavy atom. The van der Waals surface area contributed by atoms with Crippen LogP contribution in [0.25, 0.3) is 10.8 Å². The first-order valence-corrected chi connectivity index (χ1v) is 6.96. The Kier molecular flexibility index (Phi) is 3.41. The first-order valence-electron chi connectivity index (χ1n) is 6.96. The van der Waals surface area contributed by atoms with E-state index in [4.69, 9.17) is 4.74 Å². The summed E-state index contributed by atoms with van der Waals surface area (Å²) in [4.78, 5) is 47.4. The zero-order valence-electron chi connectivity index (χ0n) is 12.5. The number of hydrogen-bond donors (Lipinski definition) is 0. The van der Waals surface area contributed by atoms with Crippen LogP contribution in [0.1, 0.15) is 21.5 Å². The molecule has 5 heteroatoms. The van der Waals surface area contributed by atoms with E-state index in [0.29, 0.717) is 16.7 Å². The summed E-state index contributed by atoms with van der Waals surface area (Å²) in [6.45, 7) is 3.29. The van der Waals surface area contributed by atoms with Crippen LogP contribution in [0.2, 0.25) is 0 Å². The predicted octanol–water partition coefficient (Wildman–Crippen LogP) is 1.63. The van der Waals surface area contributed by atoms with Crippen LogP contribution in [0.5, 0.6) is 5.75 Å². The molecular weight excluding hydrogens is 296 g/mol. The van der Waals surface area contributed by atoms with E-state index in [1.54, 1.807) is 44.2 Å². The van der Waals surface area contributed by atoms with Crippen molar-refractivity contribution < 1.29 is 9.53 Å². The number of hydrogen-bond acceptors (Lipinski definition) is 5. The van der Waals surface area contributed by atoms with Crippen molar-refractivity contribution in [1.82, 2.24) is 0 Å². The molecule has 0 radical (unpaired) electrons. The lowest BCUT2D eigenvalue weighted by Gasteiger charge is -2.10. The van der Waals surface area contributed by atoms with Crippen molar-refractivity contribution in [3.63, 3.8) is 0 Å². The summed E-state index contributed by atoms with van der Waals surface area (Å²) in [5.74, 6) is -0.401. The molecule has 0 unspecified atom stereocenters. The Labute approximate surface area is 130 Å². The van der Waals surface area contributed by atoms with Crippen LogP contribution >= 0.6 is 0 Å². The maximum absolute atomic E-state index is 12.1. The van der Waals surface area contributed by atoms with Crippen LogP contribution in [0.3, 0.4) is 0 Å². The molecule has 23 heavy (non-hydrogen) atoms. The Balaban J connectivity index is 2.16. The minimum Gasteiger partial charge on any atom is -0.423 e. The molecule has 0 heterocycles. The van der Waals surface area contributed by atoms with Gasteiger partial charge in [0, 0.05) is 10.8 Å². The molecule has 0 amide bonds. The van der Waals surface area contributed by atoms with Crippen molar-refractivity contribution in [2.45, 2.75) is 13.8 Å². The first-order chi connectivity index (χ1) is 10.9. The fraction of sp³-hybridized carbons (Fsp3) is 0.111. The molecule has 0 aromatic heterocycles. The summed E-state index contributed by atoms with van der Waals surface area (Å²) in [7, 11) is 0. The fourth-order valence-corrected chi connectivity index (χ4v) is 2.54. The fourth-order valence-electron chi connectivity index (χ4n) is 2.54. The maximum atomic E-state index is 12.1. The molecular formula is C18H12O5. The molecule has 3 aromatic carbocycles. The van der Waals surface area contributed by atoms with Gasteiger partial charge in [-0.1, -0.05) is 18.2 Å². The summed E-state index contributed by atoms with van der Waals surface area (Å²) in [6, 6.07) is 9.70. The summed E-state index contributed by atoms with van der Waals surface area (Å²) < 4.78 is 5.34. The third kappa shape index (κ3) is 2.26. The highest BCUT2D eigenvalue weighted by atomic mass is 16.5. The lowest BCUT2D eigenvalue weighted by Crippen LogP contribution is -2.29. The molecule has 3 aromatic rings. The highest BCUT2D eigenvalue weighted by molar-refractivity contribution is 5.93. The minimum absolute atomic E-state index is 0.000961. The van der Waals surface area contributed by atoms with Crippen LogP contribution in [-0.4, -0.2) is 5.97 Å². The number of carbonyl (C=O) groups is 1. The van der Waals surface area contributed by atoms with Crippen LogP contribution in [-0.2, 0) is 0 Å². The maximum Gasteiger partial charge on any atom is 0.343 e. The summed E-state index contributed by atoms with van der Waals surface area (Å²) >= 11 is 0. The van der Waals surface area contributed by atoms with Crippen molar-refractivity contribution in [2.75, 3.05) is 0 Å². The molecule has 0 spiro atoms. The number of carbonyl (C=O) groups excluding carboxylic acids is 1. The average molecular weight is 308 g/mol. The van der Waals surface area contributed by atoms with Crippen molar-refractivity contribution in [2.24, 2.45) is 0 Å². The number of ether oxygens (including phenoxy) is 1. The van der Waals surface area contributed by atoms with Gasteiger partial charge in [0.2, 0.25) is 10.9 Å². The van der Waals surface area contributed by atoms with Gasteiger partial charge in [0.05, 0.1) is 5.56 Å². The van der Waals surface area contributed by atoms with E-state index < -0.39 is 22.3 Å². The van der Waals surface area contributed by atoms with Gasteiger partial charge in [-0.25, -0.2) is 4.79 Å². The number of fused-ring (bicyclic) bond motifs is 1. The Hall–Kier alpha value is -3.08. The van der Waals surface area contributed by atoms with E-state index in [2.05, 4.69) is 0 Å². The molecule has 0 fully saturated rings. The standard InChI is InChI=1S/C18H12O5/c1-9-10(2)14-12(15(19)17(21)16(14)20)8-13(9)23-18(22)11-6-4-3-5-7-11/h3-8H,1-2H3. The molecule has 114 valence electrons. The molecule has 0 N–H and O–H groups in total. The largest absolute Gasteiger partial charge is 0.423 e. The van der Waals surface area contributed by atoms with Gasteiger partial charge in [-0.3, -0.25) is 14.4 Å². The predicted molar refractivity (Wildman–Crippen MR) is 86.0 cm³/mol. The van der Waals surface area contributed by atoms with Gasteiger partial charge >= 0.3 is 5.97 Å². The van der Waals surface area contributed by atoms with E-state index in [0.717, 1.165) is 0 Å². The van der Waals surface area contributed by atoms with Crippen molar-refractivity contribution in [3.05, 3.63) is 83.8 Å². The van der Waals surface area contributed by atoms with Gasteiger partial charge in [-0.15, -0.1) is 0 Å². The highest BCUT2D eigenvalue weighted by Gasteiger charge is 2.20. The third-order valence-corrected chi connectivity index (χ3v) is 3.95. The lowest BCUT2D eigenvalue weighted by molar-refractivity contribution is 0.0733. The average Bonchev–Trinajstić information content (AvgIpc) is 2.77. The molecule has 0 aliphatic heterocycles. The SMILES string of the molecule is Cc1c(OC(=O)c2ccccc2)cc2c(=O)c(=O)c(=O)c2c1C. The second kappa shape index (κ2) is 5.28. The summed E-state index contributed by atoms with van der Waals surface area (Å²) in [6.07, 6.45) is 0. The van der Waals surface area contributed by atoms with Gasteiger partial charge in [0.25, 0.3) is 5.43 Å². The lowest BCUT2D eigenvalue weighted by atomic mass is 10.0. The zero-order valence-corrected chi connectivity index (χ0v) is 12.5. The van der Waals surface area contributed by atoms with Gasteiger partial charge in [-0.05, 0) is 43.2 Å². The number of benzene rings is 2. The van der Waals surface area contributed by atoms with E-state index in [-0.39, 0.29) is 16.5 Å². The third-order valence-electron chi connectivity index (χ3n) is 3.95. The summed E-state index contributed by atoms with van der Waals surface area (Å²) in [5, 5.41) is 0.107. The molecule has 0 bridgehead atoms. The van der Waals surface area contributed by atoms with E-state index in [1.807, 2.05) is 0 Å². The molecule has 0 saturated carbocycles. The highest BCUT2D eigenvalue weighted by Crippen LogP contribution is 2.27. The molecule has 0 saturated heterocycles. The molecule has 5 nitrogen and oxygen atoms in total. The first kappa shape index (κ1) is 14.8. The Morgan fingerprint density at radius 2 is 1.52 bits per heavy atom. The number of esters is 1. The normalized spacial score (nSPS) is 10.9. The second-order valence-corrected chi connectivity index (χ2v) is 5.29.